The van der Waals surface area contributed by atoms with Crippen molar-refractivity contribution in [3.05, 3.63) is 28.2 Å². The average Bonchev–Trinajstić information content (AvgIpc) is 2.39. The number of alkyl halides is 1. The van der Waals surface area contributed by atoms with E-state index in [1.54, 1.807) is 18.2 Å². The fraction of sp³-hybridized carbons (Fsp3) is 0.611. The van der Waals surface area contributed by atoms with Gasteiger partial charge >= 0.3 is 0 Å². The Kier molecular flexibility index (Phi) is 3.98. The maximum absolute atomic E-state index is 12.6. The second kappa shape index (κ2) is 5.64. The quantitative estimate of drug-likeness (QED) is 0.596. The van der Waals surface area contributed by atoms with Crippen molar-refractivity contribution in [2.45, 2.75) is 49.3 Å². The largest absolute Gasteiger partial charge is 0.325 e. The van der Waals surface area contributed by atoms with E-state index in [1.165, 1.54) is 32.1 Å². The van der Waals surface area contributed by atoms with Crippen LogP contribution in [0.3, 0.4) is 0 Å². The molecule has 124 valence electrons. The van der Waals surface area contributed by atoms with Gasteiger partial charge < -0.3 is 5.32 Å². The van der Waals surface area contributed by atoms with E-state index in [4.69, 9.17) is 23.2 Å². The highest BCUT2D eigenvalue weighted by molar-refractivity contribution is 9.10. The maximum Gasteiger partial charge on any atom is 0.224 e. The molecule has 0 saturated heterocycles. The molecule has 1 N–H and O–H groups in total. The number of hydrogen-bond acceptors (Lipinski definition) is 1. The van der Waals surface area contributed by atoms with Crippen molar-refractivity contribution in [2.75, 3.05) is 5.32 Å². The van der Waals surface area contributed by atoms with Crippen LogP contribution < -0.4 is 5.32 Å². The third-order valence-corrected chi connectivity index (χ3v) is 7.34. The highest BCUT2D eigenvalue weighted by Gasteiger charge is 2.57. The third kappa shape index (κ3) is 3.17. The molecule has 2 nitrogen and oxygen atoms in total. The van der Waals surface area contributed by atoms with Crippen molar-refractivity contribution in [3.63, 3.8) is 0 Å². The zero-order chi connectivity index (χ0) is 16.2. The van der Waals surface area contributed by atoms with Gasteiger partial charge in [-0.05, 0) is 74.0 Å². The second-order valence-electron chi connectivity index (χ2n) is 7.96. The van der Waals surface area contributed by atoms with Crippen LogP contribution in [-0.2, 0) is 4.79 Å². The van der Waals surface area contributed by atoms with Crippen LogP contribution in [-0.4, -0.2) is 10.2 Å². The first-order chi connectivity index (χ1) is 10.8. The minimum atomic E-state index is 0.0622. The van der Waals surface area contributed by atoms with Crippen molar-refractivity contribution in [3.8, 4) is 0 Å². The van der Waals surface area contributed by atoms with Gasteiger partial charge in [-0.2, -0.15) is 0 Å². The number of nitrogens with one attached hydrogen (secondary N) is 1. The summed E-state index contributed by atoms with van der Waals surface area (Å²) < 4.78 is 0.283. The van der Waals surface area contributed by atoms with Gasteiger partial charge in [-0.3, -0.25) is 4.79 Å². The summed E-state index contributed by atoms with van der Waals surface area (Å²) in [7, 11) is 0. The monoisotopic (exact) mass is 415 g/mol. The van der Waals surface area contributed by atoms with E-state index in [0.29, 0.717) is 22.2 Å². The molecule has 2 unspecified atom stereocenters. The van der Waals surface area contributed by atoms with Gasteiger partial charge in [-0.1, -0.05) is 39.1 Å². The first kappa shape index (κ1) is 16.2. The first-order valence-corrected chi connectivity index (χ1v) is 9.84. The van der Waals surface area contributed by atoms with Crippen LogP contribution in [0.4, 0.5) is 5.69 Å². The Balaban J connectivity index is 1.49. The summed E-state index contributed by atoms with van der Waals surface area (Å²) in [6.45, 7) is 0. The molecule has 1 aromatic rings. The predicted octanol–water partition coefficient (Wildman–Crippen LogP) is 6.06. The summed E-state index contributed by atoms with van der Waals surface area (Å²) in [4.78, 5) is 12.6. The zero-order valence-electron chi connectivity index (χ0n) is 12.9. The molecular formula is C18H20BrCl2NO. The van der Waals surface area contributed by atoms with E-state index in [0.717, 1.165) is 18.3 Å². The second-order valence-corrected chi connectivity index (χ2v) is 10.5. The Morgan fingerprint density at radius 1 is 1.22 bits per heavy atom. The van der Waals surface area contributed by atoms with Crippen molar-refractivity contribution >= 4 is 50.7 Å². The van der Waals surface area contributed by atoms with E-state index >= 15 is 0 Å². The van der Waals surface area contributed by atoms with Crippen LogP contribution in [0.5, 0.6) is 0 Å². The molecule has 4 saturated carbocycles. The fourth-order valence-corrected chi connectivity index (χ4v) is 7.52. The Hall–Kier alpha value is -0.250. The lowest BCUT2D eigenvalue weighted by atomic mass is 9.48. The highest BCUT2D eigenvalue weighted by Crippen LogP contribution is 2.65. The van der Waals surface area contributed by atoms with Gasteiger partial charge in [0.1, 0.15) is 0 Å². The predicted molar refractivity (Wildman–Crippen MR) is 98.5 cm³/mol. The third-order valence-electron chi connectivity index (χ3n) is 5.85. The Morgan fingerprint density at radius 2 is 1.91 bits per heavy atom. The summed E-state index contributed by atoms with van der Waals surface area (Å²) in [6, 6.07) is 5.17. The zero-order valence-corrected chi connectivity index (χ0v) is 16.0. The van der Waals surface area contributed by atoms with Crippen LogP contribution in [0.15, 0.2) is 18.2 Å². The van der Waals surface area contributed by atoms with E-state index in [2.05, 4.69) is 21.2 Å². The lowest BCUT2D eigenvalue weighted by Crippen LogP contribution is -2.53. The summed E-state index contributed by atoms with van der Waals surface area (Å²) in [5.74, 6) is 1.64. The Bertz CT molecular complexity index is 648. The number of halogens is 3. The molecule has 0 aliphatic heterocycles. The van der Waals surface area contributed by atoms with Gasteiger partial charge in [0.05, 0.1) is 10.7 Å². The molecule has 0 aromatic heterocycles. The van der Waals surface area contributed by atoms with Crippen molar-refractivity contribution < 1.29 is 4.79 Å². The molecule has 0 heterocycles. The van der Waals surface area contributed by atoms with Crippen molar-refractivity contribution in [1.82, 2.24) is 0 Å². The molecule has 1 aromatic carbocycles. The average molecular weight is 417 g/mol. The molecule has 23 heavy (non-hydrogen) atoms. The molecular weight excluding hydrogens is 397 g/mol. The van der Waals surface area contributed by atoms with E-state index in [-0.39, 0.29) is 15.6 Å². The lowest BCUT2D eigenvalue weighted by molar-refractivity contribution is -0.123. The van der Waals surface area contributed by atoms with Crippen LogP contribution in [0, 0.1) is 17.3 Å². The fourth-order valence-electron chi connectivity index (χ4n) is 5.67. The van der Waals surface area contributed by atoms with E-state index in [1.807, 2.05) is 0 Å². The number of anilines is 1. The minimum Gasteiger partial charge on any atom is -0.325 e. The highest BCUT2D eigenvalue weighted by atomic mass is 79.9. The molecule has 0 spiro atoms. The van der Waals surface area contributed by atoms with Gasteiger partial charge in [0.2, 0.25) is 5.91 Å². The van der Waals surface area contributed by atoms with Crippen molar-refractivity contribution in [1.29, 1.82) is 0 Å². The molecule has 4 bridgehead atoms. The van der Waals surface area contributed by atoms with E-state index < -0.39 is 0 Å². The summed E-state index contributed by atoms with van der Waals surface area (Å²) in [5.41, 5.74) is 0.783. The Labute approximate surface area is 155 Å². The molecule has 4 atom stereocenters. The molecule has 4 aliphatic rings. The van der Waals surface area contributed by atoms with Gasteiger partial charge in [0.25, 0.3) is 0 Å². The van der Waals surface area contributed by atoms with Gasteiger partial charge in [-0.25, -0.2) is 0 Å². The van der Waals surface area contributed by atoms with Crippen molar-refractivity contribution in [2.24, 2.45) is 17.3 Å². The number of carbonyl (C=O) groups excluding carboxylic acids is 1. The molecule has 5 rings (SSSR count). The van der Waals surface area contributed by atoms with Crippen LogP contribution in [0.1, 0.15) is 44.9 Å². The van der Waals surface area contributed by atoms with Gasteiger partial charge in [-0.15, -0.1) is 0 Å². The Morgan fingerprint density at radius 3 is 2.57 bits per heavy atom. The lowest BCUT2D eigenvalue weighted by Gasteiger charge is -2.60. The SMILES string of the molecule is O=C(CC12C[C@@H]3C[C@@H](CC(Br)(C3)C1)C2)Nc1cc(Cl)ccc1Cl. The molecule has 5 heteroatoms. The standard InChI is InChI=1S/C18H20BrCl2NO/c19-18-7-11-3-12(8-18)6-17(5-11,10-18)9-16(23)22-15-4-13(20)1-2-14(15)21/h1-2,4,11-12H,3,5-10H2,(H,22,23)/t11-,12+,17?,18?. The number of amides is 1. The maximum atomic E-state index is 12.6. The number of hydrogen-bond donors (Lipinski definition) is 1. The van der Waals surface area contributed by atoms with Crippen LogP contribution in [0.25, 0.3) is 0 Å². The number of rotatable bonds is 3. The van der Waals surface area contributed by atoms with Gasteiger partial charge in [0.15, 0.2) is 0 Å². The molecule has 4 aliphatic carbocycles. The topological polar surface area (TPSA) is 29.1 Å². The molecule has 0 radical (unpaired) electrons. The van der Waals surface area contributed by atoms with E-state index in [9.17, 15) is 4.79 Å². The summed E-state index contributed by atoms with van der Waals surface area (Å²) in [5, 5.41) is 4.08. The van der Waals surface area contributed by atoms with Crippen LogP contribution in [0.2, 0.25) is 10.0 Å². The minimum absolute atomic E-state index is 0.0622. The number of carbonyl (C=O) groups is 1. The number of benzene rings is 1. The van der Waals surface area contributed by atoms with Crippen LogP contribution >= 0.6 is 39.1 Å². The normalized spacial score (nSPS) is 37.9. The first-order valence-electron chi connectivity index (χ1n) is 8.29. The summed E-state index contributed by atoms with van der Waals surface area (Å²) in [6.07, 6.45) is 8.05. The molecule has 1 amide bonds. The van der Waals surface area contributed by atoms with Gasteiger partial charge in [0, 0.05) is 15.8 Å². The smallest absolute Gasteiger partial charge is 0.224 e. The molecule has 4 fully saturated rings. The summed E-state index contributed by atoms with van der Waals surface area (Å²) >= 11 is 16.2.